The van der Waals surface area contributed by atoms with Crippen LogP contribution in [0, 0.1) is 18.8 Å². The second-order valence-corrected chi connectivity index (χ2v) is 5.67. The monoisotopic (exact) mass is 235 g/mol. The number of hydrogen-bond donors (Lipinski definition) is 1. The van der Waals surface area contributed by atoms with Gasteiger partial charge in [0.15, 0.2) is 0 Å². The van der Waals surface area contributed by atoms with Crippen LogP contribution < -0.4 is 5.32 Å². The molecule has 1 aromatic rings. The Morgan fingerprint density at radius 1 is 1.47 bits per heavy atom. The van der Waals surface area contributed by atoms with E-state index in [1.54, 1.807) is 0 Å². The standard InChI is InChI=1S/C14H25N3/c1-11-5-4-6-13(7-11)9-15-10-14-8-12(2)16-17(14)3/h8,11,13,15H,4-7,9-10H2,1-3H3. The zero-order valence-electron chi connectivity index (χ0n) is 11.4. The van der Waals surface area contributed by atoms with E-state index in [1.165, 1.54) is 31.4 Å². The van der Waals surface area contributed by atoms with E-state index in [2.05, 4.69) is 23.4 Å². The quantitative estimate of drug-likeness (QED) is 0.869. The number of aryl methyl sites for hydroxylation is 2. The van der Waals surface area contributed by atoms with E-state index in [-0.39, 0.29) is 0 Å². The van der Waals surface area contributed by atoms with Crippen LogP contribution in [0.1, 0.15) is 44.0 Å². The molecule has 3 heteroatoms. The molecular formula is C14H25N3. The summed E-state index contributed by atoms with van der Waals surface area (Å²) in [6, 6.07) is 2.16. The van der Waals surface area contributed by atoms with E-state index in [9.17, 15) is 0 Å². The number of hydrogen-bond acceptors (Lipinski definition) is 2. The highest BCUT2D eigenvalue weighted by molar-refractivity contribution is 5.08. The topological polar surface area (TPSA) is 29.9 Å². The molecule has 1 heterocycles. The van der Waals surface area contributed by atoms with Crippen molar-refractivity contribution < 1.29 is 0 Å². The molecule has 0 bridgehead atoms. The molecule has 2 rings (SSSR count). The molecular weight excluding hydrogens is 210 g/mol. The predicted octanol–water partition coefficient (Wildman–Crippen LogP) is 2.64. The summed E-state index contributed by atoms with van der Waals surface area (Å²) in [5.41, 5.74) is 2.39. The fraction of sp³-hybridized carbons (Fsp3) is 0.786. The maximum atomic E-state index is 4.37. The van der Waals surface area contributed by atoms with Crippen LogP contribution in [0.4, 0.5) is 0 Å². The first kappa shape index (κ1) is 12.6. The molecule has 0 aliphatic heterocycles. The third-order valence-corrected chi connectivity index (χ3v) is 3.88. The van der Waals surface area contributed by atoms with Crippen molar-refractivity contribution in [2.75, 3.05) is 6.54 Å². The first-order valence-electron chi connectivity index (χ1n) is 6.85. The van der Waals surface area contributed by atoms with Gasteiger partial charge in [0.2, 0.25) is 0 Å². The molecule has 2 atom stereocenters. The minimum absolute atomic E-state index is 0.882. The Balaban J connectivity index is 1.74. The molecule has 1 aliphatic rings. The summed E-state index contributed by atoms with van der Waals surface area (Å²) in [6.07, 6.45) is 5.65. The lowest BCUT2D eigenvalue weighted by atomic mass is 9.82. The molecule has 0 aromatic carbocycles. The van der Waals surface area contributed by atoms with Crippen LogP contribution in [-0.4, -0.2) is 16.3 Å². The summed E-state index contributed by atoms with van der Waals surface area (Å²) < 4.78 is 1.98. The SMILES string of the molecule is Cc1cc(CNCC2CCCC(C)C2)n(C)n1. The van der Waals surface area contributed by atoms with E-state index >= 15 is 0 Å². The van der Waals surface area contributed by atoms with E-state index in [4.69, 9.17) is 0 Å². The number of aromatic nitrogens is 2. The molecule has 0 radical (unpaired) electrons. The van der Waals surface area contributed by atoms with Gasteiger partial charge in [-0.3, -0.25) is 4.68 Å². The van der Waals surface area contributed by atoms with Crippen molar-refractivity contribution in [3.63, 3.8) is 0 Å². The first-order valence-corrected chi connectivity index (χ1v) is 6.85. The molecule has 96 valence electrons. The molecule has 0 spiro atoms. The van der Waals surface area contributed by atoms with Crippen molar-refractivity contribution in [1.82, 2.24) is 15.1 Å². The highest BCUT2D eigenvalue weighted by Crippen LogP contribution is 2.27. The molecule has 1 fully saturated rings. The van der Waals surface area contributed by atoms with Gasteiger partial charge >= 0.3 is 0 Å². The Labute approximate surface area is 105 Å². The van der Waals surface area contributed by atoms with Gasteiger partial charge in [-0.2, -0.15) is 5.10 Å². The largest absolute Gasteiger partial charge is 0.311 e. The normalized spacial score (nSPS) is 25.1. The summed E-state index contributed by atoms with van der Waals surface area (Å²) in [5.74, 6) is 1.81. The summed E-state index contributed by atoms with van der Waals surface area (Å²) in [5, 5.41) is 7.95. The zero-order valence-corrected chi connectivity index (χ0v) is 11.4. The van der Waals surface area contributed by atoms with Crippen molar-refractivity contribution in [2.24, 2.45) is 18.9 Å². The van der Waals surface area contributed by atoms with Crippen LogP contribution in [0.25, 0.3) is 0 Å². The van der Waals surface area contributed by atoms with E-state index in [0.717, 1.165) is 30.6 Å². The molecule has 1 aromatic heterocycles. The summed E-state index contributed by atoms with van der Waals surface area (Å²) in [6.45, 7) is 6.54. The van der Waals surface area contributed by atoms with Crippen LogP contribution in [-0.2, 0) is 13.6 Å². The van der Waals surface area contributed by atoms with E-state index in [0.29, 0.717) is 0 Å². The molecule has 2 unspecified atom stereocenters. The Morgan fingerprint density at radius 2 is 2.29 bits per heavy atom. The number of rotatable bonds is 4. The molecule has 0 saturated heterocycles. The van der Waals surface area contributed by atoms with Crippen molar-refractivity contribution >= 4 is 0 Å². The average Bonchev–Trinajstić information content (AvgIpc) is 2.58. The minimum Gasteiger partial charge on any atom is -0.311 e. The zero-order chi connectivity index (χ0) is 12.3. The maximum Gasteiger partial charge on any atom is 0.0597 e. The Kier molecular flexibility index (Phi) is 4.21. The van der Waals surface area contributed by atoms with Gasteiger partial charge in [-0.05, 0) is 44.2 Å². The van der Waals surface area contributed by atoms with Crippen molar-refractivity contribution in [3.05, 3.63) is 17.5 Å². The Hall–Kier alpha value is -0.830. The lowest BCUT2D eigenvalue weighted by molar-refractivity contribution is 0.273. The van der Waals surface area contributed by atoms with Gasteiger partial charge in [0.05, 0.1) is 11.4 Å². The third kappa shape index (κ3) is 3.56. The van der Waals surface area contributed by atoms with E-state index in [1.807, 2.05) is 18.7 Å². The summed E-state index contributed by atoms with van der Waals surface area (Å²) in [4.78, 5) is 0. The van der Waals surface area contributed by atoms with Crippen molar-refractivity contribution in [3.8, 4) is 0 Å². The van der Waals surface area contributed by atoms with Crippen LogP contribution in [0.15, 0.2) is 6.07 Å². The molecule has 3 nitrogen and oxygen atoms in total. The number of nitrogens with zero attached hydrogens (tertiary/aromatic N) is 2. The first-order chi connectivity index (χ1) is 8.15. The molecule has 1 N–H and O–H groups in total. The van der Waals surface area contributed by atoms with Gasteiger partial charge in [0.1, 0.15) is 0 Å². The van der Waals surface area contributed by atoms with Gasteiger partial charge in [-0.15, -0.1) is 0 Å². The lowest BCUT2D eigenvalue weighted by Crippen LogP contribution is -2.27. The Morgan fingerprint density at radius 3 is 2.94 bits per heavy atom. The second-order valence-electron chi connectivity index (χ2n) is 5.67. The van der Waals surface area contributed by atoms with E-state index < -0.39 is 0 Å². The van der Waals surface area contributed by atoms with Crippen LogP contribution in [0.5, 0.6) is 0 Å². The molecule has 1 aliphatic carbocycles. The van der Waals surface area contributed by atoms with Crippen molar-refractivity contribution in [2.45, 2.75) is 46.1 Å². The highest BCUT2D eigenvalue weighted by atomic mass is 15.3. The summed E-state index contributed by atoms with van der Waals surface area (Å²) >= 11 is 0. The van der Waals surface area contributed by atoms with Gasteiger partial charge in [0.25, 0.3) is 0 Å². The van der Waals surface area contributed by atoms with Gasteiger partial charge in [-0.25, -0.2) is 0 Å². The highest BCUT2D eigenvalue weighted by Gasteiger charge is 2.18. The number of nitrogens with one attached hydrogen (secondary N) is 1. The van der Waals surface area contributed by atoms with Gasteiger partial charge in [0, 0.05) is 13.6 Å². The summed E-state index contributed by atoms with van der Waals surface area (Å²) in [7, 11) is 2.02. The fourth-order valence-electron chi connectivity index (χ4n) is 2.98. The van der Waals surface area contributed by atoms with Gasteiger partial charge in [-0.1, -0.05) is 19.8 Å². The van der Waals surface area contributed by atoms with Gasteiger partial charge < -0.3 is 5.32 Å². The maximum absolute atomic E-state index is 4.37. The second kappa shape index (κ2) is 5.67. The van der Waals surface area contributed by atoms with Crippen LogP contribution in [0.2, 0.25) is 0 Å². The molecule has 17 heavy (non-hydrogen) atoms. The fourth-order valence-corrected chi connectivity index (χ4v) is 2.98. The van der Waals surface area contributed by atoms with Crippen LogP contribution in [0.3, 0.4) is 0 Å². The Bertz CT molecular complexity index is 356. The smallest absolute Gasteiger partial charge is 0.0597 e. The van der Waals surface area contributed by atoms with Crippen LogP contribution >= 0.6 is 0 Å². The molecule has 0 amide bonds. The third-order valence-electron chi connectivity index (χ3n) is 3.88. The van der Waals surface area contributed by atoms with Crippen molar-refractivity contribution in [1.29, 1.82) is 0 Å². The molecule has 1 saturated carbocycles. The average molecular weight is 235 g/mol. The lowest BCUT2D eigenvalue weighted by Gasteiger charge is -2.26. The predicted molar refractivity (Wildman–Crippen MR) is 70.8 cm³/mol. The minimum atomic E-state index is 0.882.